The van der Waals surface area contributed by atoms with Crippen LogP contribution in [0.2, 0.25) is 0 Å². The average molecular weight is 295 g/mol. The molecule has 0 saturated heterocycles. The van der Waals surface area contributed by atoms with Gasteiger partial charge in [-0.1, -0.05) is 0 Å². The molecule has 1 heterocycles. The maximum absolute atomic E-state index is 13.7. The number of nitro benzene ring substituents is 1. The first kappa shape index (κ1) is 14.4. The lowest BCUT2D eigenvalue weighted by atomic mass is 10.1. The molecular formula is C12H10FN3O5. The normalized spacial score (nSPS) is 10.2. The van der Waals surface area contributed by atoms with Crippen LogP contribution in [-0.4, -0.2) is 27.8 Å². The van der Waals surface area contributed by atoms with Crippen molar-refractivity contribution in [2.75, 3.05) is 7.11 Å². The van der Waals surface area contributed by atoms with Gasteiger partial charge in [0.15, 0.2) is 5.75 Å². The molecule has 0 N–H and O–H groups in total. The lowest BCUT2D eigenvalue weighted by molar-refractivity contribution is -0.385. The quantitative estimate of drug-likeness (QED) is 0.486. The van der Waals surface area contributed by atoms with Crippen molar-refractivity contribution < 1.29 is 23.6 Å². The van der Waals surface area contributed by atoms with Crippen LogP contribution in [0.3, 0.4) is 0 Å². The van der Waals surface area contributed by atoms with E-state index in [2.05, 4.69) is 9.84 Å². The maximum Gasteiger partial charge on any atom is 0.340 e. The van der Waals surface area contributed by atoms with Gasteiger partial charge >= 0.3 is 11.7 Å². The zero-order chi connectivity index (χ0) is 15.6. The van der Waals surface area contributed by atoms with Gasteiger partial charge in [0.25, 0.3) is 0 Å². The van der Waals surface area contributed by atoms with Crippen molar-refractivity contribution in [2.24, 2.45) is 7.05 Å². The van der Waals surface area contributed by atoms with Crippen LogP contribution in [0.1, 0.15) is 10.4 Å². The molecule has 0 atom stereocenters. The number of hydrogen-bond donors (Lipinski definition) is 0. The van der Waals surface area contributed by atoms with Crippen molar-refractivity contribution in [1.82, 2.24) is 9.78 Å². The third-order valence-corrected chi connectivity index (χ3v) is 2.56. The summed E-state index contributed by atoms with van der Waals surface area (Å²) in [6.45, 7) is 0. The highest BCUT2D eigenvalue weighted by Gasteiger charge is 2.24. The Labute approximate surface area is 117 Å². The molecule has 1 aromatic heterocycles. The number of nitro groups is 1. The van der Waals surface area contributed by atoms with E-state index in [0.717, 1.165) is 13.2 Å². The number of rotatable bonds is 4. The van der Waals surface area contributed by atoms with Crippen molar-refractivity contribution in [2.45, 2.75) is 0 Å². The fourth-order valence-corrected chi connectivity index (χ4v) is 1.61. The molecule has 1 aromatic carbocycles. The number of halogens is 1. The Bertz CT molecular complexity index is 713. The third-order valence-electron chi connectivity index (χ3n) is 2.56. The van der Waals surface area contributed by atoms with Gasteiger partial charge in [-0.2, -0.15) is 5.10 Å². The monoisotopic (exact) mass is 295 g/mol. The van der Waals surface area contributed by atoms with E-state index in [1.807, 2.05) is 0 Å². The minimum atomic E-state index is -1.06. The Kier molecular flexibility index (Phi) is 3.83. The molecule has 2 rings (SSSR count). The second kappa shape index (κ2) is 5.57. The van der Waals surface area contributed by atoms with E-state index in [4.69, 9.17) is 4.74 Å². The fraction of sp³-hybridized carbons (Fsp3) is 0.167. The molecule has 0 bridgehead atoms. The highest BCUT2D eigenvalue weighted by atomic mass is 19.1. The lowest BCUT2D eigenvalue weighted by Gasteiger charge is -2.07. The molecule has 0 aliphatic carbocycles. The molecule has 8 nitrogen and oxygen atoms in total. The molecule has 110 valence electrons. The average Bonchev–Trinajstić information content (AvgIpc) is 2.84. The van der Waals surface area contributed by atoms with Gasteiger partial charge in [-0.25, -0.2) is 9.18 Å². The Hall–Kier alpha value is -2.97. The van der Waals surface area contributed by atoms with Crippen LogP contribution < -0.4 is 4.74 Å². The van der Waals surface area contributed by atoms with Crippen molar-refractivity contribution >= 4 is 11.7 Å². The molecule has 0 saturated carbocycles. The first-order chi connectivity index (χ1) is 9.92. The first-order valence-corrected chi connectivity index (χ1v) is 5.65. The second-order valence-electron chi connectivity index (χ2n) is 4.00. The lowest BCUT2D eigenvalue weighted by Crippen LogP contribution is -2.06. The number of carbonyl (C=O) groups excluding carboxylic acids is 1. The summed E-state index contributed by atoms with van der Waals surface area (Å²) in [6, 6.07) is 1.53. The van der Waals surface area contributed by atoms with Crippen LogP contribution in [0.4, 0.5) is 10.1 Å². The van der Waals surface area contributed by atoms with Crippen LogP contribution in [0.15, 0.2) is 24.5 Å². The SMILES string of the molecule is COC(=O)c1cc(Oc2cnn(C)c2)c([N+](=O)[O-])cc1F. The number of ether oxygens (including phenoxy) is 2. The predicted molar refractivity (Wildman–Crippen MR) is 67.7 cm³/mol. The van der Waals surface area contributed by atoms with E-state index in [-0.39, 0.29) is 11.5 Å². The zero-order valence-corrected chi connectivity index (χ0v) is 11.1. The van der Waals surface area contributed by atoms with E-state index in [0.29, 0.717) is 6.07 Å². The summed E-state index contributed by atoms with van der Waals surface area (Å²) in [7, 11) is 2.71. The Balaban J connectivity index is 2.50. The van der Waals surface area contributed by atoms with Crippen LogP contribution in [0, 0.1) is 15.9 Å². The summed E-state index contributed by atoms with van der Waals surface area (Å²) < 4.78 is 24.8. The molecule has 9 heteroatoms. The van der Waals surface area contributed by atoms with Gasteiger partial charge in [0.1, 0.15) is 5.82 Å². The number of hydrogen-bond acceptors (Lipinski definition) is 6. The van der Waals surface area contributed by atoms with E-state index >= 15 is 0 Å². The minimum absolute atomic E-state index is 0.211. The van der Waals surface area contributed by atoms with Crippen molar-refractivity contribution in [3.8, 4) is 11.5 Å². The molecule has 0 radical (unpaired) electrons. The van der Waals surface area contributed by atoms with E-state index in [9.17, 15) is 19.3 Å². The first-order valence-electron chi connectivity index (χ1n) is 5.65. The number of methoxy groups -OCH3 is 1. The summed E-state index contributed by atoms with van der Waals surface area (Å²) in [4.78, 5) is 21.6. The number of aryl methyl sites for hydroxylation is 1. The van der Waals surface area contributed by atoms with E-state index in [1.54, 1.807) is 7.05 Å². The predicted octanol–water partition coefficient (Wildman–Crippen LogP) is 2.05. The molecule has 21 heavy (non-hydrogen) atoms. The largest absolute Gasteiger partial charge is 0.465 e. The van der Waals surface area contributed by atoms with Gasteiger partial charge in [0, 0.05) is 13.1 Å². The summed E-state index contributed by atoms with van der Waals surface area (Å²) in [6.07, 6.45) is 2.79. The van der Waals surface area contributed by atoms with Crippen LogP contribution in [0.25, 0.3) is 0 Å². The van der Waals surface area contributed by atoms with Crippen LogP contribution >= 0.6 is 0 Å². The van der Waals surface area contributed by atoms with Crippen LogP contribution in [-0.2, 0) is 11.8 Å². The Morgan fingerprint density at radius 2 is 2.19 bits per heavy atom. The molecule has 0 unspecified atom stereocenters. The van der Waals surface area contributed by atoms with Gasteiger partial charge in [-0.3, -0.25) is 14.8 Å². The minimum Gasteiger partial charge on any atom is -0.465 e. The molecule has 2 aromatic rings. The van der Waals surface area contributed by atoms with Gasteiger partial charge < -0.3 is 9.47 Å². The molecule has 0 amide bonds. The number of nitrogens with zero attached hydrogens (tertiary/aromatic N) is 3. The zero-order valence-electron chi connectivity index (χ0n) is 11.1. The van der Waals surface area contributed by atoms with Crippen LogP contribution in [0.5, 0.6) is 11.5 Å². The number of aromatic nitrogens is 2. The van der Waals surface area contributed by atoms with Crippen molar-refractivity contribution in [3.05, 3.63) is 46.0 Å². The van der Waals surface area contributed by atoms with Gasteiger partial charge in [0.05, 0.1) is 36.1 Å². The van der Waals surface area contributed by atoms with E-state index in [1.165, 1.54) is 17.1 Å². The number of carbonyl (C=O) groups is 1. The number of esters is 1. The molecule has 0 aliphatic heterocycles. The topological polar surface area (TPSA) is 96.5 Å². The van der Waals surface area contributed by atoms with Gasteiger partial charge in [-0.15, -0.1) is 0 Å². The third kappa shape index (κ3) is 2.96. The fourth-order valence-electron chi connectivity index (χ4n) is 1.61. The Morgan fingerprint density at radius 3 is 2.71 bits per heavy atom. The molecule has 0 fully saturated rings. The van der Waals surface area contributed by atoms with Crippen molar-refractivity contribution in [3.63, 3.8) is 0 Å². The summed E-state index contributed by atoms with van der Waals surface area (Å²) >= 11 is 0. The Morgan fingerprint density at radius 1 is 1.48 bits per heavy atom. The highest BCUT2D eigenvalue weighted by Crippen LogP contribution is 2.33. The molecule has 0 spiro atoms. The smallest absolute Gasteiger partial charge is 0.340 e. The highest BCUT2D eigenvalue weighted by molar-refractivity contribution is 5.90. The van der Waals surface area contributed by atoms with Gasteiger partial charge in [-0.05, 0) is 0 Å². The molecule has 0 aliphatic rings. The molecular weight excluding hydrogens is 285 g/mol. The number of benzene rings is 1. The van der Waals surface area contributed by atoms with Gasteiger partial charge in [0.2, 0.25) is 5.75 Å². The van der Waals surface area contributed by atoms with Crippen molar-refractivity contribution in [1.29, 1.82) is 0 Å². The summed E-state index contributed by atoms with van der Waals surface area (Å²) in [5.74, 6) is -2.09. The standard InChI is InChI=1S/C12H10FN3O5/c1-15-6-7(5-14-15)21-11-3-8(12(17)20-2)9(13)4-10(11)16(18)19/h3-6H,1-2H3. The van der Waals surface area contributed by atoms with E-state index < -0.39 is 28.0 Å². The summed E-state index contributed by atoms with van der Waals surface area (Å²) in [5.41, 5.74) is -1.06. The summed E-state index contributed by atoms with van der Waals surface area (Å²) in [5, 5.41) is 14.8. The maximum atomic E-state index is 13.7. The second-order valence-corrected chi connectivity index (χ2v) is 4.00.